The average Bonchev–Trinajstić information content (AvgIpc) is 2.62. The smallest absolute Gasteiger partial charge is 0.338 e. The number of hydrogen-bond acceptors (Lipinski definition) is 5. The molecule has 0 aromatic heterocycles. The van der Waals surface area contributed by atoms with Crippen molar-refractivity contribution >= 4 is 27.9 Å². The number of benzene rings is 1. The highest BCUT2D eigenvalue weighted by Gasteiger charge is 2.35. The number of amides is 2. The van der Waals surface area contributed by atoms with Crippen LogP contribution in [0.2, 0.25) is 0 Å². The maximum absolute atomic E-state index is 12.7. The van der Waals surface area contributed by atoms with Crippen LogP contribution in [-0.4, -0.2) is 32.3 Å². The minimum absolute atomic E-state index is 0.246. The third-order valence-corrected chi connectivity index (χ3v) is 4.73. The summed E-state index contributed by atoms with van der Waals surface area (Å²) in [6.07, 6.45) is 1.34. The van der Waals surface area contributed by atoms with Crippen molar-refractivity contribution in [3.05, 3.63) is 33.4 Å². The van der Waals surface area contributed by atoms with E-state index in [4.69, 9.17) is 14.2 Å². The van der Waals surface area contributed by atoms with Crippen LogP contribution in [0.3, 0.4) is 0 Å². The first-order valence-corrected chi connectivity index (χ1v) is 9.73. The van der Waals surface area contributed by atoms with E-state index in [2.05, 4.69) is 26.6 Å². The molecule has 1 heterocycles. The molecule has 2 N–H and O–H groups in total. The molecule has 1 atom stereocenters. The Kier molecular flexibility index (Phi) is 7.53. The molecular weight excluding hydrogens is 416 g/mol. The normalized spacial score (nSPS) is 16.5. The number of allylic oxidation sites excluding steroid dienone is 1. The summed E-state index contributed by atoms with van der Waals surface area (Å²) in [5, 5.41) is 5.56. The summed E-state index contributed by atoms with van der Waals surface area (Å²) < 4.78 is 16.9. The Morgan fingerprint density at radius 2 is 1.93 bits per heavy atom. The molecule has 27 heavy (non-hydrogen) atoms. The number of urea groups is 1. The number of methoxy groups -OCH3 is 1. The molecule has 148 valence electrons. The van der Waals surface area contributed by atoms with Gasteiger partial charge in [-0.15, -0.1) is 0 Å². The van der Waals surface area contributed by atoms with Crippen LogP contribution in [0.1, 0.15) is 45.2 Å². The zero-order chi connectivity index (χ0) is 20.0. The second kappa shape index (κ2) is 9.64. The molecule has 0 spiro atoms. The van der Waals surface area contributed by atoms with E-state index in [1.807, 2.05) is 13.8 Å². The van der Waals surface area contributed by atoms with Gasteiger partial charge in [0.25, 0.3) is 0 Å². The Balaban J connectivity index is 2.60. The summed E-state index contributed by atoms with van der Waals surface area (Å²) >= 11 is 3.53. The molecule has 2 rings (SSSR count). The number of ether oxygens (including phenoxy) is 3. The highest BCUT2D eigenvalue weighted by atomic mass is 79.9. The van der Waals surface area contributed by atoms with E-state index in [1.54, 1.807) is 26.2 Å². The van der Waals surface area contributed by atoms with Crippen LogP contribution in [0.5, 0.6) is 11.5 Å². The minimum atomic E-state index is -0.668. The molecule has 1 aliphatic heterocycles. The van der Waals surface area contributed by atoms with Gasteiger partial charge >= 0.3 is 12.0 Å². The molecule has 0 radical (unpaired) electrons. The fourth-order valence-corrected chi connectivity index (χ4v) is 3.50. The average molecular weight is 441 g/mol. The van der Waals surface area contributed by atoms with Crippen LogP contribution in [0.25, 0.3) is 0 Å². The number of halogens is 1. The number of hydrogen-bond donors (Lipinski definition) is 2. The van der Waals surface area contributed by atoms with Gasteiger partial charge in [0.05, 0.1) is 31.9 Å². The van der Waals surface area contributed by atoms with Gasteiger partial charge < -0.3 is 24.8 Å². The second-order valence-corrected chi connectivity index (χ2v) is 6.71. The summed E-state index contributed by atoms with van der Waals surface area (Å²) in [4.78, 5) is 24.9. The second-order valence-electron chi connectivity index (χ2n) is 5.85. The standard InChI is InChI=1S/C19H25BrN2O5/c1-5-8-13-16(18(23)27-7-3)17(22-19(24)21-13)11-9-14(25-4)15(26-6-2)10-12(11)20/h9-10,17H,5-8H2,1-4H3,(H2,21,22,24). The van der Waals surface area contributed by atoms with E-state index in [0.717, 1.165) is 6.42 Å². The van der Waals surface area contributed by atoms with Crippen molar-refractivity contribution in [2.24, 2.45) is 0 Å². The minimum Gasteiger partial charge on any atom is -0.493 e. The van der Waals surface area contributed by atoms with Gasteiger partial charge in [0.2, 0.25) is 0 Å². The van der Waals surface area contributed by atoms with Crippen molar-refractivity contribution in [2.75, 3.05) is 20.3 Å². The van der Waals surface area contributed by atoms with Gasteiger partial charge in [0.1, 0.15) is 0 Å². The first kappa shape index (κ1) is 21.1. The molecule has 0 saturated carbocycles. The van der Waals surface area contributed by atoms with Gasteiger partial charge in [-0.25, -0.2) is 9.59 Å². The molecule has 1 aromatic carbocycles. The van der Waals surface area contributed by atoms with Gasteiger partial charge in [0, 0.05) is 10.2 Å². The van der Waals surface area contributed by atoms with Gasteiger partial charge in [0.15, 0.2) is 11.5 Å². The molecule has 8 heteroatoms. The Morgan fingerprint density at radius 1 is 1.19 bits per heavy atom. The van der Waals surface area contributed by atoms with Crippen molar-refractivity contribution < 1.29 is 23.8 Å². The Bertz CT molecular complexity index is 748. The highest BCUT2D eigenvalue weighted by molar-refractivity contribution is 9.10. The lowest BCUT2D eigenvalue weighted by Gasteiger charge is -2.30. The quantitative estimate of drug-likeness (QED) is 0.599. The fraction of sp³-hybridized carbons (Fsp3) is 0.474. The number of nitrogens with one attached hydrogen (secondary N) is 2. The summed E-state index contributed by atoms with van der Waals surface area (Å²) in [6.45, 7) is 6.34. The predicted octanol–water partition coefficient (Wildman–Crippen LogP) is 3.83. The first-order valence-electron chi connectivity index (χ1n) is 8.94. The number of carbonyl (C=O) groups excluding carboxylic acids is 2. The molecule has 1 aromatic rings. The van der Waals surface area contributed by atoms with Crippen molar-refractivity contribution in [1.29, 1.82) is 0 Å². The molecule has 7 nitrogen and oxygen atoms in total. The SMILES string of the molecule is CCCC1=C(C(=O)OCC)C(c2cc(OC)c(OCC)cc2Br)NC(=O)N1. The van der Waals surface area contributed by atoms with Crippen molar-refractivity contribution in [1.82, 2.24) is 10.6 Å². The zero-order valence-electron chi connectivity index (χ0n) is 16.0. The Hall–Kier alpha value is -2.22. The lowest BCUT2D eigenvalue weighted by atomic mass is 9.93. The third kappa shape index (κ3) is 4.74. The fourth-order valence-electron chi connectivity index (χ4n) is 2.95. The number of rotatable bonds is 8. The highest BCUT2D eigenvalue weighted by Crippen LogP contribution is 2.40. The van der Waals surface area contributed by atoms with Crippen molar-refractivity contribution in [3.8, 4) is 11.5 Å². The van der Waals surface area contributed by atoms with Gasteiger partial charge in [-0.2, -0.15) is 0 Å². The molecule has 0 aliphatic carbocycles. The van der Waals surface area contributed by atoms with E-state index in [9.17, 15) is 9.59 Å². The van der Waals surface area contributed by atoms with E-state index in [0.29, 0.717) is 45.8 Å². The van der Waals surface area contributed by atoms with Crippen molar-refractivity contribution in [3.63, 3.8) is 0 Å². The molecule has 1 unspecified atom stereocenters. The van der Waals surface area contributed by atoms with E-state index in [1.165, 1.54) is 0 Å². The van der Waals surface area contributed by atoms with Gasteiger partial charge in [-0.3, -0.25) is 0 Å². The monoisotopic (exact) mass is 440 g/mol. The predicted molar refractivity (Wildman–Crippen MR) is 105 cm³/mol. The van der Waals surface area contributed by atoms with Gasteiger partial charge in [-0.1, -0.05) is 29.3 Å². The largest absolute Gasteiger partial charge is 0.493 e. The lowest BCUT2D eigenvalue weighted by molar-refractivity contribution is -0.139. The summed E-state index contributed by atoms with van der Waals surface area (Å²) in [5.41, 5.74) is 1.65. The molecule has 0 saturated heterocycles. The van der Waals surface area contributed by atoms with Gasteiger partial charge in [-0.05, 0) is 38.0 Å². The topological polar surface area (TPSA) is 85.9 Å². The van der Waals surface area contributed by atoms with Crippen LogP contribution in [-0.2, 0) is 9.53 Å². The Morgan fingerprint density at radius 3 is 2.52 bits per heavy atom. The van der Waals surface area contributed by atoms with Crippen LogP contribution in [0.15, 0.2) is 27.9 Å². The molecule has 0 fully saturated rings. The lowest BCUT2D eigenvalue weighted by Crippen LogP contribution is -2.46. The maximum Gasteiger partial charge on any atom is 0.338 e. The first-order chi connectivity index (χ1) is 13.0. The summed E-state index contributed by atoms with van der Waals surface area (Å²) in [7, 11) is 1.54. The maximum atomic E-state index is 12.7. The summed E-state index contributed by atoms with van der Waals surface area (Å²) in [5.74, 6) is 0.632. The zero-order valence-corrected chi connectivity index (χ0v) is 17.6. The van der Waals surface area contributed by atoms with E-state index < -0.39 is 12.0 Å². The third-order valence-electron chi connectivity index (χ3n) is 4.04. The van der Waals surface area contributed by atoms with Crippen LogP contribution >= 0.6 is 15.9 Å². The van der Waals surface area contributed by atoms with E-state index >= 15 is 0 Å². The summed E-state index contributed by atoms with van der Waals surface area (Å²) in [6, 6.07) is 2.50. The van der Waals surface area contributed by atoms with E-state index in [-0.39, 0.29) is 12.6 Å². The van der Waals surface area contributed by atoms with Crippen LogP contribution in [0, 0.1) is 0 Å². The van der Waals surface area contributed by atoms with Crippen molar-refractivity contribution in [2.45, 2.75) is 39.7 Å². The Labute approximate surface area is 167 Å². The molecule has 0 bridgehead atoms. The number of esters is 1. The molecule has 2 amide bonds. The van der Waals surface area contributed by atoms with Crippen LogP contribution in [0.4, 0.5) is 4.79 Å². The molecular formula is C19H25BrN2O5. The number of carbonyl (C=O) groups is 2. The molecule has 1 aliphatic rings. The van der Waals surface area contributed by atoms with Crippen LogP contribution < -0.4 is 20.1 Å².